The summed E-state index contributed by atoms with van der Waals surface area (Å²) in [5.74, 6) is 5.69. The van der Waals surface area contributed by atoms with Crippen molar-refractivity contribution in [3.63, 3.8) is 0 Å². The van der Waals surface area contributed by atoms with E-state index in [0.717, 1.165) is 60.1 Å². The van der Waals surface area contributed by atoms with Crippen molar-refractivity contribution >= 4 is 5.91 Å². The lowest BCUT2D eigenvalue weighted by molar-refractivity contribution is -0.928. The first-order chi connectivity index (χ1) is 19.3. The van der Waals surface area contributed by atoms with Crippen LogP contribution in [0.25, 0.3) is 0 Å². The summed E-state index contributed by atoms with van der Waals surface area (Å²) in [5.41, 5.74) is 2.59. The monoisotopic (exact) mass is 626 g/mol. The molecule has 1 saturated heterocycles. The molecule has 4 saturated carbocycles. The van der Waals surface area contributed by atoms with Crippen molar-refractivity contribution < 1.29 is 26.3 Å². The van der Waals surface area contributed by atoms with Gasteiger partial charge in [0.25, 0.3) is 0 Å². The molecule has 1 amide bonds. The maximum atomic E-state index is 13.0. The van der Waals surface area contributed by atoms with Crippen LogP contribution in [0.4, 0.5) is 0 Å². The fourth-order valence-electron chi connectivity index (χ4n) is 11.8. The van der Waals surface area contributed by atoms with Gasteiger partial charge in [0.2, 0.25) is 5.91 Å². The highest BCUT2D eigenvalue weighted by Crippen LogP contribution is 2.68. The zero-order valence-corrected chi connectivity index (χ0v) is 28.1. The van der Waals surface area contributed by atoms with E-state index in [1.165, 1.54) is 95.7 Å². The van der Waals surface area contributed by atoms with Gasteiger partial charge in [0, 0.05) is 24.8 Å². The molecule has 5 aliphatic rings. The van der Waals surface area contributed by atoms with Crippen LogP contribution in [0.2, 0.25) is 0 Å². The SMILES string of the molecule is C[C@H](CCC(=O)NCC[N+]1(Cc2ccccc2)CCCC1)[C@H]1CC[C@H]2[C@@H]3CCC4CCCC[C@]4(C)[C@H]3CC[C@]12C.[Br-]. The number of likely N-dealkylation sites (tertiary alicyclic amines) is 1. The molecule has 0 radical (unpaired) electrons. The normalized spacial score (nSPS) is 38.2. The molecule has 4 aliphatic carbocycles. The van der Waals surface area contributed by atoms with Crippen LogP contribution in [0.5, 0.6) is 0 Å². The molecule has 8 atom stereocenters. The molecule has 3 nitrogen and oxygen atoms in total. The molecule has 1 heterocycles. The first-order valence-corrected chi connectivity index (χ1v) is 17.5. The summed E-state index contributed by atoms with van der Waals surface area (Å²) in [6.45, 7) is 13.4. The molecular weight excluding hydrogens is 568 g/mol. The molecule has 5 fully saturated rings. The van der Waals surface area contributed by atoms with Crippen LogP contribution in [0.3, 0.4) is 0 Å². The maximum absolute atomic E-state index is 13.0. The second-order valence-electron chi connectivity index (χ2n) is 15.9. The van der Waals surface area contributed by atoms with Crippen LogP contribution in [0, 0.1) is 46.3 Å². The number of nitrogens with one attached hydrogen (secondary N) is 1. The Labute approximate surface area is 262 Å². The number of rotatable bonds is 9. The smallest absolute Gasteiger partial charge is 0.220 e. The molecule has 4 heteroatoms. The number of hydrogen-bond donors (Lipinski definition) is 1. The first kappa shape index (κ1) is 31.6. The summed E-state index contributed by atoms with van der Waals surface area (Å²) < 4.78 is 1.14. The number of hydrogen-bond acceptors (Lipinski definition) is 1. The molecule has 1 unspecified atom stereocenters. The van der Waals surface area contributed by atoms with Gasteiger partial charge < -0.3 is 26.8 Å². The highest BCUT2D eigenvalue weighted by molar-refractivity contribution is 5.75. The third-order valence-electron chi connectivity index (χ3n) is 14.0. The number of carbonyl (C=O) groups excluding carboxylic acids is 1. The predicted molar refractivity (Wildman–Crippen MR) is 165 cm³/mol. The summed E-state index contributed by atoms with van der Waals surface area (Å²) in [6, 6.07) is 11.0. The fraction of sp³-hybridized carbons (Fsp3) is 0.811. The lowest BCUT2D eigenvalue weighted by atomic mass is 9.44. The summed E-state index contributed by atoms with van der Waals surface area (Å²) in [5, 5.41) is 3.35. The first-order valence-electron chi connectivity index (χ1n) is 17.5. The topological polar surface area (TPSA) is 29.1 Å². The van der Waals surface area contributed by atoms with E-state index in [4.69, 9.17) is 0 Å². The molecule has 41 heavy (non-hydrogen) atoms. The lowest BCUT2D eigenvalue weighted by Crippen LogP contribution is -3.00. The Hall–Kier alpha value is -0.870. The van der Waals surface area contributed by atoms with Gasteiger partial charge in [0.05, 0.1) is 26.2 Å². The Bertz CT molecular complexity index is 1010. The van der Waals surface area contributed by atoms with Crippen LogP contribution in [0.1, 0.15) is 116 Å². The Morgan fingerprint density at radius 3 is 2.44 bits per heavy atom. The van der Waals surface area contributed by atoms with Crippen LogP contribution >= 0.6 is 0 Å². The van der Waals surface area contributed by atoms with Crippen molar-refractivity contribution in [3.8, 4) is 0 Å². The molecule has 6 rings (SSSR count). The van der Waals surface area contributed by atoms with E-state index in [0.29, 0.717) is 23.2 Å². The molecule has 1 N–H and O–H groups in total. The predicted octanol–water partition coefficient (Wildman–Crippen LogP) is 5.38. The molecule has 0 bridgehead atoms. The number of amides is 1. The van der Waals surface area contributed by atoms with Gasteiger partial charge in [-0.05, 0) is 104 Å². The number of quaternary nitrogens is 1. The highest BCUT2D eigenvalue weighted by Gasteiger charge is 2.60. The van der Waals surface area contributed by atoms with E-state index in [9.17, 15) is 4.79 Å². The van der Waals surface area contributed by atoms with Crippen LogP contribution in [-0.2, 0) is 11.3 Å². The van der Waals surface area contributed by atoms with E-state index >= 15 is 0 Å². The maximum Gasteiger partial charge on any atom is 0.220 e. The van der Waals surface area contributed by atoms with Gasteiger partial charge in [-0.15, -0.1) is 0 Å². The average Bonchev–Trinajstić information content (AvgIpc) is 3.56. The fourth-order valence-corrected chi connectivity index (χ4v) is 11.8. The summed E-state index contributed by atoms with van der Waals surface area (Å²) in [4.78, 5) is 13.0. The van der Waals surface area contributed by atoms with Crippen molar-refractivity contribution in [2.24, 2.45) is 46.3 Å². The molecule has 1 aromatic carbocycles. The molecular formula is C37H59BrN2O. The van der Waals surface area contributed by atoms with Gasteiger partial charge >= 0.3 is 0 Å². The van der Waals surface area contributed by atoms with Crippen molar-refractivity contribution in [3.05, 3.63) is 35.9 Å². The molecule has 1 aliphatic heterocycles. The van der Waals surface area contributed by atoms with Crippen LogP contribution in [0.15, 0.2) is 30.3 Å². The van der Waals surface area contributed by atoms with Gasteiger partial charge in [-0.25, -0.2) is 0 Å². The van der Waals surface area contributed by atoms with Gasteiger partial charge in [-0.1, -0.05) is 63.9 Å². The zero-order chi connectivity index (χ0) is 27.8. The quantitative estimate of drug-likeness (QED) is 0.366. The van der Waals surface area contributed by atoms with E-state index in [1.54, 1.807) is 0 Å². The second-order valence-corrected chi connectivity index (χ2v) is 15.9. The number of nitrogens with zero attached hydrogens (tertiary/aromatic N) is 1. The molecule has 230 valence electrons. The zero-order valence-electron chi connectivity index (χ0n) is 26.5. The summed E-state index contributed by atoms with van der Waals surface area (Å²) in [7, 11) is 0. The minimum absolute atomic E-state index is 0. The lowest BCUT2D eigenvalue weighted by Gasteiger charge is -2.61. The minimum Gasteiger partial charge on any atom is -1.00 e. The molecule has 0 spiro atoms. The molecule has 0 aromatic heterocycles. The van der Waals surface area contributed by atoms with Crippen molar-refractivity contribution in [1.82, 2.24) is 5.32 Å². The Morgan fingerprint density at radius 1 is 0.902 bits per heavy atom. The van der Waals surface area contributed by atoms with Crippen molar-refractivity contribution in [2.45, 2.75) is 117 Å². The van der Waals surface area contributed by atoms with Gasteiger partial charge in [-0.3, -0.25) is 4.79 Å². The number of carbonyl (C=O) groups is 1. The largest absolute Gasteiger partial charge is 1.00 e. The van der Waals surface area contributed by atoms with E-state index < -0.39 is 0 Å². The highest BCUT2D eigenvalue weighted by atomic mass is 79.9. The van der Waals surface area contributed by atoms with E-state index in [-0.39, 0.29) is 22.9 Å². The Morgan fingerprint density at radius 2 is 1.66 bits per heavy atom. The molecule has 1 aromatic rings. The van der Waals surface area contributed by atoms with Crippen molar-refractivity contribution in [2.75, 3.05) is 26.2 Å². The van der Waals surface area contributed by atoms with Crippen LogP contribution in [-0.4, -0.2) is 36.6 Å². The minimum atomic E-state index is 0. The second kappa shape index (κ2) is 13.0. The number of halogens is 1. The van der Waals surface area contributed by atoms with E-state index in [1.807, 2.05) is 0 Å². The van der Waals surface area contributed by atoms with Crippen LogP contribution < -0.4 is 22.3 Å². The van der Waals surface area contributed by atoms with Gasteiger partial charge in [-0.2, -0.15) is 0 Å². The Kier molecular flexibility index (Phi) is 10.0. The van der Waals surface area contributed by atoms with Gasteiger partial charge in [0.1, 0.15) is 6.54 Å². The summed E-state index contributed by atoms with van der Waals surface area (Å²) >= 11 is 0. The Balaban J connectivity index is 0.00000337. The number of fused-ring (bicyclic) bond motifs is 5. The standard InChI is InChI=1S/C37H58N2O.BrH/c1-28(14-19-35(40)38-23-26-39(24-9-10-25-39)27-29-11-5-4-6-12-29)32-17-18-33-31-16-15-30-13-7-8-21-36(30,2)34(31)20-22-37(32,33)3;/h4-6,11-12,28,30-34H,7-10,13-27H2,1-3H3;1H/t28-,30?,31+,32-,33+,34+,36+,37-;/m1./s1. The number of benzene rings is 1. The third-order valence-corrected chi connectivity index (χ3v) is 14.0. The van der Waals surface area contributed by atoms with Gasteiger partial charge in [0.15, 0.2) is 0 Å². The van der Waals surface area contributed by atoms with E-state index in [2.05, 4.69) is 56.4 Å². The summed E-state index contributed by atoms with van der Waals surface area (Å²) in [6.07, 6.45) is 19.2. The van der Waals surface area contributed by atoms with Crippen molar-refractivity contribution in [1.29, 1.82) is 0 Å². The third kappa shape index (κ3) is 6.22. The average molecular weight is 628 g/mol.